The Morgan fingerprint density at radius 2 is 1.56 bits per heavy atom. The van der Waals surface area contributed by atoms with Crippen LogP contribution in [0.15, 0.2) is 48.5 Å². The molecule has 0 atom stereocenters. The van der Waals surface area contributed by atoms with E-state index in [1.807, 2.05) is 41.0 Å². The summed E-state index contributed by atoms with van der Waals surface area (Å²) in [5, 5.41) is 0. The van der Waals surface area contributed by atoms with Gasteiger partial charge in [0.2, 0.25) is 5.91 Å². The molecule has 0 bridgehead atoms. The van der Waals surface area contributed by atoms with Crippen molar-refractivity contribution in [1.82, 2.24) is 14.7 Å². The van der Waals surface area contributed by atoms with E-state index in [0.717, 1.165) is 56.7 Å². The van der Waals surface area contributed by atoms with Crippen LogP contribution in [0.1, 0.15) is 73.4 Å². The molecule has 2 amide bonds. The summed E-state index contributed by atoms with van der Waals surface area (Å²) in [6, 6.07) is 14.0. The van der Waals surface area contributed by atoms with E-state index in [1.165, 1.54) is 37.8 Å². The Hall–Kier alpha value is -2.73. The second-order valence-corrected chi connectivity index (χ2v) is 9.91. The zero-order valence-corrected chi connectivity index (χ0v) is 22.1. The van der Waals surface area contributed by atoms with Crippen LogP contribution in [-0.4, -0.2) is 65.8 Å². The Morgan fingerprint density at radius 3 is 2.25 bits per heavy atom. The summed E-state index contributed by atoms with van der Waals surface area (Å²) < 4.78 is 13.4. The quantitative estimate of drug-likeness (QED) is 0.336. The van der Waals surface area contributed by atoms with Crippen LogP contribution in [0.4, 0.5) is 4.39 Å². The summed E-state index contributed by atoms with van der Waals surface area (Å²) in [4.78, 5) is 32.2. The second-order valence-electron chi connectivity index (χ2n) is 9.91. The highest BCUT2D eigenvalue weighted by atomic mass is 19.1. The summed E-state index contributed by atoms with van der Waals surface area (Å²) in [5.74, 6) is -0.0116. The average molecular weight is 496 g/mol. The van der Waals surface area contributed by atoms with Crippen LogP contribution in [0.5, 0.6) is 0 Å². The van der Waals surface area contributed by atoms with Crippen molar-refractivity contribution in [3.8, 4) is 0 Å². The molecule has 1 fully saturated rings. The Morgan fingerprint density at radius 1 is 0.889 bits per heavy atom. The highest BCUT2D eigenvalue weighted by Gasteiger charge is 2.23. The monoisotopic (exact) mass is 495 g/mol. The Balaban J connectivity index is 1.50. The number of hydrogen-bond donors (Lipinski definition) is 0. The number of rotatable bonds is 13. The van der Waals surface area contributed by atoms with Gasteiger partial charge in [0.15, 0.2) is 0 Å². The molecule has 0 N–H and O–H groups in total. The molecule has 1 saturated heterocycles. The number of nitrogens with zero attached hydrogens (tertiary/aromatic N) is 3. The molecule has 0 aromatic heterocycles. The lowest BCUT2D eigenvalue weighted by atomic mass is 10.1. The minimum atomic E-state index is -0.278. The summed E-state index contributed by atoms with van der Waals surface area (Å²) in [7, 11) is 0. The van der Waals surface area contributed by atoms with Crippen LogP contribution < -0.4 is 0 Å². The van der Waals surface area contributed by atoms with Crippen molar-refractivity contribution >= 4 is 11.8 Å². The largest absolute Gasteiger partial charge is 0.340 e. The molecule has 1 aliphatic rings. The molecule has 0 saturated carbocycles. The first-order chi connectivity index (χ1) is 17.5. The zero-order chi connectivity index (χ0) is 25.8. The van der Waals surface area contributed by atoms with Crippen molar-refractivity contribution in [2.75, 3.05) is 39.3 Å². The molecule has 0 spiro atoms. The number of halogens is 1. The Bertz CT molecular complexity index is 955. The molecule has 2 aromatic carbocycles. The van der Waals surface area contributed by atoms with Crippen molar-refractivity contribution in [2.45, 2.75) is 65.3 Å². The highest BCUT2D eigenvalue weighted by molar-refractivity contribution is 5.95. The number of piperazine rings is 1. The standard InChI is InChI=1S/C30H42FN3O2/c1-3-4-5-6-7-8-13-29(35)33-21-18-32(19-22-33)20-23-34(24-26-14-16-27(31)17-15-26)30(36)28-12-10-9-11-25(28)2/h9-12,14-17H,3-8,13,18-24H2,1-2H3. The molecular weight excluding hydrogens is 453 g/mol. The van der Waals surface area contributed by atoms with Gasteiger partial charge < -0.3 is 9.80 Å². The van der Waals surface area contributed by atoms with Crippen molar-refractivity contribution < 1.29 is 14.0 Å². The van der Waals surface area contributed by atoms with Gasteiger partial charge in [0.1, 0.15) is 5.82 Å². The maximum Gasteiger partial charge on any atom is 0.254 e. The lowest BCUT2D eigenvalue weighted by molar-refractivity contribution is -0.133. The molecule has 196 valence electrons. The first-order valence-corrected chi connectivity index (χ1v) is 13.6. The lowest BCUT2D eigenvalue weighted by Crippen LogP contribution is -2.50. The van der Waals surface area contributed by atoms with E-state index in [0.29, 0.717) is 25.1 Å². The normalized spacial score (nSPS) is 14.1. The van der Waals surface area contributed by atoms with E-state index in [1.54, 1.807) is 12.1 Å². The number of amides is 2. The van der Waals surface area contributed by atoms with Gasteiger partial charge in [0, 0.05) is 57.8 Å². The Kier molecular flexibility index (Phi) is 11.4. The van der Waals surface area contributed by atoms with Crippen LogP contribution in [0, 0.1) is 12.7 Å². The second kappa shape index (κ2) is 14.7. The maximum absolute atomic E-state index is 13.4. The minimum Gasteiger partial charge on any atom is -0.340 e. The fourth-order valence-electron chi connectivity index (χ4n) is 4.74. The first kappa shape index (κ1) is 27.9. The topological polar surface area (TPSA) is 43.9 Å². The fourth-order valence-corrected chi connectivity index (χ4v) is 4.74. The molecule has 1 heterocycles. The minimum absolute atomic E-state index is 0.00910. The number of carbonyl (C=O) groups excluding carboxylic acids is 2. The molecule has 0 aliphatic carbocycles. The van der Waals surface area contributed by atoms with E-state index in [-0.39, 0.29) is 17.6 Å². The average Bonchev–Trinajstić information content (AvgIpc) is 2.89. The number of unbranched alkanes of at least 4 members (excludes halogenated alkanes) is 5. The van der Waals surface area contributed by atoms with Gasteiger partial charge in [-0.25, -0.2) is 4.39 Å². The van der Waals surface area contributed by atoms with Crippen molar-refractivity contribution in [3.05, 3.63) is 71.0 Å². The third kappa shape index (κ3) is 8.74. The van der Waals surface area contributed by atoms with Gasteiger partial charge in [-0.1, -0.05) is 69.4 Å². The van der Waals surface area contributed by atoms with Crippen LogP contribution in [0.25, 0.3) is 0 Å². The summed E-state index contributed by atoms with van der Waals surface area (Å²) >= 11 is 0. The van der Waals surface area contributed by atoms with E-state index in [2.05, 4.69) is 11.8 Å². The fraction of sp³-hybridized carbons (Fsp3) is 0.533. The summed E-state index contributed by atoms with van der Waals surface area (Å²) in [6.45, 7) is 9.07. The molecular formula is C30H42FN3O2. The van der Waals surface area contributed by atoms with Crippen molar-refractivity contribution in [1.29, 1.82) is 0 Å². The Labute approximate surface area is 216 Å². The van der Waals surface area contributed by atoms with Gasteiger partial charge in [0.05, 0.1) is 0 Å². The number of hydrogen-bond acceptors (Lipinski definition) is 3. The van der Waals surface area contributed by atoms with Gasteiger partial charge in [0.25, 0.3) is 5.91 Å². The lowest BCUT2D eigenvalue weighted by Gasteiger charge is -2.36. The molecule has 2 aromatic rings. The molecule has 0 unspecified atom stereocenters. The number of benzene rings is 2. The van der Waals surface area contributed by atoms with E-state index in [4.69, 9.17) is 0 Å². The predicted octanol–water partition coefficient (Wildman–Crippen LogP) is 5.67. The molecule has 3 rings (SSSR count). The van der Waals surface area contributed by atoms with E-state index >= 15 is 0 Å². The van der Waals surface area contributed by atoms with Gasteiger partial charge in [-0.05, 0) is 42.7 Å². The van der Waals surface area contributed by atoms with Crippen LogP contribution in [-0.2, 0) is 11.3 Å². The number of aryl methyl sites for hydroxylation is 1. The SMILES string of the molecule is CCCCCCCCC(=O)N1CCN(CCN(Cc2ccc(F)cc2)C(=O)c2ccccc2C)CC1. The zero-order valence-electron chi connectivity index (χ0n) is 22.1. The van der Waals surface area contributed by atoms with Crippen LogP contribution in [0.2, 0.25) is 0 Å². The molecule has 0 radical (unpaired) electrons. The molecule has 6 heteroatoms. The first-order valence-electron chi connectivity index (χ1n) is 13.6. The van der Waals surface area contributed by atoms with E-state index < -0.39 is 0 Å². The third-order valence-corrected chi connectivity index (χ3v) is 7.10. The number of carbonyl (C=O) groups is 2. The van der Waals surface area contributed by atoms with Gasteiger partial charge in [-0.15, -0.1) is 0 Å². The molecule has 1 aliphatic heterocycles. The van der Waals surface area contributed by atoms with Crippen molar-refractivity contribution in [3.63, 3.8) is 0 Å². The summed E-state index contributed by atoms with van der Waals surface area (Å²) in [5.41, 5.74) is 2.55. The van der Waals surface area contributed by atoms with Crippen LogP contribution >= 0.6 is 0 Å². The van der Waals surface area contributed by atoms with Crippen molar-refractivity contribution in [2.24, 2.45) is 0 Å². The predicted molar refractivity (Wildman–Crippen MR) is 143 cm³/mol. The van der Waals surface area contributed by atoms with Crippen LogP contribution in [0.3, 0.4) is 0 Å². The highest BCUT2D eigenvalue weighted by Crippen LogP contribution is 2.15. The molecule has 36 heavy (non-hydrogen) atoms. The third-order valence-electron chi connectivity index (χ3n) is 7.10. The summed E-state index contributed by atoms with van der Waals surface area (Å²) in [6.07, 6.45) is 7.81. The van der Waals surface area contributed by atoms with Gasteiger partial charge in [-0.3, -0.25) is 14.5 Å². The van der Waals surface area contributed by atoms with E-state index in [9.17, 15) is 14.0 Å². The van der Waals surface area contributed by atoms with Gasteiger partial charge >= 0.3 is 0 Å². The maximum atomic E-state index is 13.4. The molecule has 5 nitrogen and oxygen atoms in total. The smallest absolute Gasteiger partial charge is 0.254 e. The van der Waals surface area contributed by atoms with Gasteiger partial charge in [-0.2, -0.15) is 0 Å².